The van der Waals surface area contributed by atoms with Crippen LogP contribution in [0.2, 0.25) is 0 Å². The van der Waals surface area contributed by atoms with Crippen LogP contribution in [0.15, 0.2) is 0 Å². The fraction of sp³-hybridized carbons (Fsp3) is 0.909. The van der Waals surface area contributed by atoms with Crippen LogP contribution in [-0.2, 0) is 4.74 Å². The van der Waals surface area contributed by atoms with E-state index in [4.69, 9.17) is 4.74 Å². The molecule has 0 aromatic carbocycles. The van der Waals surface area contributed by atoms with E-state index in [1.807, 2.05) is 0 Å². The molecule has 1 rings (SSSR count). The van der Waals surface area contributed by atoms with Crippen molar-refractivity contribution in [3.63, 3.8) is 0 Å². The van der Waals surface area contributed by atoms with Gasteiger partial charge in [-0.2, -0.15) is 0 Å². The van der Waals surface area contributed by atoms with Gasteiger partial charge in [0, 0.05) is 25.6 Å². The zero-order valence-corrected chi connectivity index (χ0v) is 10.4. The quantitative estimate of drug-likeness (QED) is 0.800. The number of ether oxygens (including phenoxy) is 1. The molecule has 0 aromatic heterocycles. The minimum absolute atomic E-state index is 0.219. The minimum atomic E-state index is -2.35. The number of hydrogen-bond donors (Lipinski definition) is 2. The summed E-state index contributed by atoms with van der Waals surface area (Å²) in [6.45, 7) is 6.29. The molecule has 2 N–H and O–H groups in total. The summed E-state index contributed by atoms with van der Waals surface area (Å²) in [5.74, 6) is -0.924. The van der Waals surface area contributed by atoms with Crippen molar-refractivity contribution in [2.75, 3.05) is 19.6 Å². The Morgan fingerprint density at radius 1 is 1.47 bits per heavy atom. The van der Waals surface area contributed by atoms with E-state index >= 15 is 0 Å². The van der Waals surface area contributed by atoms with Gasteiger partial charge in [0.1, 0.15) is 5.60 Å². The standard InChI is InChI=1S/C11H20F2N2O2/c1-11(2,3)17-10(16)15-5-7-4-14-6-8(7)9(12)13/h7-9,14H,4-6H2,1-3H3,(H,15,16). The summed E-state index contributed by atoms with van der Waals surface area (Å²) in [6.07, 6.45) is -2.91. The van der Waals surface area contributed by atoms with Crippen LogP contribution in [-0.4, -0.2) is 37.8 Å². The normalized spacial score (nSPS) is 25.1. The van der Waals surface area contributed by atoms with Crippen LogP contribution in [0.4, 0.5) is 13.6 Å². The zero-order valence-electron chi connectivity index (χ0n) is 10.4. The molecule has 0 saturated carbocycles. The highest BCUT2D eigenvalue weighted by atomic mass is 19.3. The van der Waals surface area contributed by atoms with Crippen molar-refractivity contribution in [3.8, 4) is 0 Å². The smallest absolute Gasteiger partial charge is 0.407 e. The summed E-state index contributed by atoms with van der Waals surface area (Å²) in [5, 5.41) is 5.44. The second-order valence-corrected chi connectivity index (χ2v) is 5.30. The predicted octanol–water partition coefficient (Wildman–Crippen LogP) is 1.61. The van der Waals surface area contributed by atoms with E-state index in [2.05, 4.69) is 10.6 Å². The van der Waals surface area contributed by atoms with Gasteiger partial charge in [-0.05, 0) is 26.7 Å². The Labute approximate surface area is 100 Å². The van der Waals surface area contributed by atoms with Crippen molar-refractivity contribution in [1.82, 2.24) is 10.6 Å². The molecule has 6 heteroatoms. The maximum absolute atomic E-state index is 12.6. The highest BCUT2D eigenvalue weighted by Crippen LogP contribution is 2.23. The van der Waals surface area contributed by atoms with E-state index in [0.29, 0.717) is 13.1 Å². The van der Waals surface area contributed by atoms with Gasteiger partial charge in [-0.15, -0.1) is 0 Å². The van der Waals surface area contributed by atoms with Crippen LogP contribution in [0.3, 0.4) is 0 Å². The Kier molecular flexibility index (Phi) is 4.68. The van der Waals surface area contributed by atoms with Crippen molar-refractivity contribution in [3.05, 3.63) is 0 Å². The lowest BCUT2D eigenvalue weighted by atomic mass is 9.97. The highest BCUT2D eigenvalue weighted by Gasteiger charge is 2.34. The molecule has 1 heterocycles. The van der Waals surface area contributed by atoms with Crippen LogP contribution in [0, 0.1) is 11.8 Å². The number of halogens is 2. The maximum atomic E-state index is 12.6. The van der Waals surface area contributed by atoms with E-state index in [1.54, 1.807) is 20.8 Å². The maximum Gasteiger partial charge on any atom is 0.407 e. The van der Waals surface area contributed by atoms with Crippen molar-refractivity contribution in [1.29, 1.82) is 0 Å². The Hall–Kier alpha value is -0.910. The lowest BCUT2D eigenvalue weighted by Gasteiger charge is -2.22. The Morgan fingerprint density at radius 2 is 2.12 bits per heavy atom. The number of alkyl carbamates (subject to hydrolysis) is 1. The number of carbonyl (C=O) groups is 1. The second kappa shape index (κ2) is 5.62. The van der Waals surface area contributed by atoms with Gasteiger partial charge in [-0.3, -0.25) is 0 Å². The highest BCUT2D eigenvalue weighted by molar-refractivity contribution is 5.67. The van der Waals surface area contributed by atoms with E-state index in [9.17, 15) is 13.6 Å². The van der Waals surface area contributed by atoms with Gasteiger partial charge in [-0.25, -0.2) is 13.6 Å². The third kappa shape index (κ3) is 4.85. The first-order valence-corrected chi connectivity index (χ1v) is 5.75. The first-order valence-electron chi connectivity index (χ1n) is 5.75. The van der Waals surface area contributed by atoms with Crippen LogP contribution in [0.1, 0.15) is 20.8 Å². The molecule has 0 aromatic rings. The van der Waals surface area contributed by atoms with E-state index in [0.717, 1.165) is 0 Å². The molecular weight excluding hydrogens is 230 g/mol. The van der Waals surface area contributed by atoms with Gasteiger partial charge < -0.3 is 15.4 Å². The molecule has 4 nitrogen and oxygen atoms in total. The number of carbonyl (C=O) groups excluding carboxylic acids is 1. The van der Waals surface area contributed by atoms with Crippen molar-refractivity contribution in [2.24, 2.45) is 11.8 Å². The number of rotatable bonds is 3. The number of nitrogens with one attached hydrogen (secondary N) is 2. The first kappa shape index (κ1) is 14.2. The lowest BCUT2D eigenvalue weighted by molar-refractivity contribution is 0.0454. The van der Waals surface area contributed by atoms with Gasteiger partial charge in [0.25, 0.3) is 0 Å². The third-order valence-electron chi connectivity index (χ3n) is 2.62. The molecule has 2 unspecified atom stereocenters. The van der Waals surface area contributed by atoms with Gasteiger partial charge >= 0.3 is 6.09 Å². The van der Waals surface area contributed by atoms with Gasteiger partial charge in [-0.1, -0.05) is 0 Å². The fourth-order valence-electron chi connectivity index (χ4n) is 1.80. The molecule has 0 radical (unpaired) electrons. The average Bonchev–Trinajstić information content (AvgIpc) is 2.59. The summed E-state index contributed by atoms with van der Waals surface area (Å²) in [5.41, 5.74) is -0.569. The molecular formula is C11H20F2N2O2. The molecule has 1 aliphatic rings. The molecule has 100 valence electrons. The monoisotopic (exact) mass is 250 g/mol. The summed E-state index contributed by atoms with van der Waals surface area (Å²) < 4.78 is 30.2. The van der Waals surface area contributed by atoms with E-state index < -0.39 is 24.0 Å². The Bertz CT molecular complexity index is 267. The molecule has 17 heavy (non-hydrogen) atoms. The van der Waals surface area contributed by atoms with Crippen LogP contribution in [0.25, 0.3) is 0 Å². The van der Waals surface area contributed by atoms with Gasteiger partial charge in [0.05, 0.1) is 0 Å². The number of hydrogen-bond acceptors (Lipinski definition) is 3. The number of amides is 1. The number of alkyl halides is 2. The third-order valence-corrected chi connectivity index (χ3v) is 2.62. The van der Waals surface area contributed by atoms with Gasteiger partial charge in [0.2, 0.25) is 6.43 Å². The average molecular weight is 250 g/mol. The molecule has 0 spiro atoms. The Morgan fingerprint density at radius 3 is 2.65 bits per heavy atom. The molecule has 2 atom stereocenters. The topological polar surface area (TPSA) is 50.4 Å². The summed E-state index contributed by atoms with van der Waals surface area (Å²) in [7, 11) is 0. The van der Waals surface area contributed by atoms with Crippen molar-refractivity contribution >= 4 is 6.09 Å². The van der Waals surface area contributed by atoms with E-state index in [-0.39, 0.29) is 12.5 Å². The second-order valence-electron chi connectivity index (χ2n) is 5.30. The van der Waals surface area contributed by atoms with Crippen LogP contribution < -0.4 is 10.6 Å². The molecule has 1 amide bonds. The molecule has 0 bridgehead atoms. The van der Waals surface area contributed by atoms with Crippen LogP contribution in [0.5, 0.6) is 0 Å². The summed E-state index contributed by atoms with van der Waals surface area (Å²) in [4.78, 5) is 11.4. The largest absolute Gasteiger partial charge is 0.444 e. The molecule has 1 fully saturated rings. The molecule has 1 aliphatic heterocycles. The van der Waals surface area contributed by atoms with Crippen molar-refractivity contribution < 1.29 is 18.3 Å². The zero-order chi connectivity index (χ0) is 13.1. The SMILES string of the molecule is CC(C)(C)OC(=O)NCC1CNCC1C(F)F. The summed E-state index contributed by atoms with van der Waals surface area (Å²) >= 11 is 0. The first-order chi connectivity index (χ1) is 7.79. The minimum Gasteiger partial charge on any atom is -0.444 e. The Balaban J connectivity index is 2.33. The van der Waals surface area contributed by atoms with Crippen molar-refractivity contribution in [2.45, 2.75) is 32.8 Å². The predicted molar refractivity (Wildman–Crippen MR) is 60.1 cm³/mol. The molecule has 1 saturated heterocycles. The van der Waals surface area contributed by atoms with E-state index in [1.165, 1.54) is 0 Å². The van der Waals surface area contributed by atoms with Crippen LogP contribution >= 0.6 is 0 Å². The summed E-state index contributed by atoms with van der Waals surface area (Å²) in [6, 6.07) is 0. The van der Waals surface area contributed by atoms with Gasteiger partial charge in [0.15, 0.2) is 0 Å². The lowest BCUT2D eigenvalue weighted by Crippen LogP contribution is -2.38. The fourth-order valence-corrected chi connectivity index (χ4v) is 1.80. The molecule has 0 aliphatic carbocycles.